The number of carbonyl (C=O) groups excluding carboxylic acids is 1. The van der Waals surface area contributed by atoms with E-state index < -0.39 is 0 Å². The SMILES string of the molecule is CCN(Cc1ccccc1)c1ccc(C(=O)N2CCOCC2)nn1. The fourth-order valence-corrected chi connectivity index (χ4v) is 2.69. The Morgan fingerprint density at radius 2 is 1.88 bits per heavy atom. The number of hydrogen-bond donors (Lipinski definition) is 0. The van der Waals surface area contributed by atoms with Crippen molar-refractivity contribution in [2.24, 2.45) is 0 Å². The van der Waals surface area contributed by atoms with Crippen LogP contribution in [0.2, 0.25) is 0 Å². The Kier molecular flexibility index (Phi) is 5.38. The molecule has 1 saturated heterocycles. The first kappa shape index (κ1) is 16.4. The van der Waals surface area contributed by atoms with E-state index in [1.54, 1.807) is 11.0 Å². The molecule has 0 bridgehead atoms. The lowest BCUT2D eigenvalue weighted by Crippen LogP contribution is -2.41. The van der Waals surface area contributed by atoms with Gasteiger partial charge in [0.25, 0.3) is 5.91 Å². The predicted octanol–water partition coefficient (Wildman–Crippen LogP) is 1.98. The predicted molar refractivity (Wildman–Crippen MR) is 91.9 cm³/mol. The third-order valence-corrected chi connectivity index (χ3v) is 4.09. The summed E-state index contributed by atoms with van der Waals surface area (Å²) in [5.74, 6) is 0.698. The summed E-state index contributed by atoms with van der Waals surface area (Å²) in [6, 6.07) is 13.9. The van der Waals surface area contributed by atoms with Crippen LogP contribution in [0.5, 0.6) is 0 Å². The minimum absolute atomic E-state index is 0.0801. The number of hydrogen-bond acceptors (Lipinski definition) is 5. The number of carbonyl (C=O) groups is 1. The quantitative estimate of drug-likeness (QED) is 0.841. The van der Waals surface area contributed by atoms with E-state index in [4.69, 9.17) is 4.74 Å². The van der Waals surface area contributed by atoms with Crippen LogP contribution in [0.4, 0.5) is 5.82 Å². The lowest BCUT2D eigenvalue weighted by atomic mass is 10.2. The summed E-state index contributed by atoms with van der Waals surface area (Å²) in [6.45, 7) is 6.05. The van der Waals surface area contributed by atoms with Crippen LogP contribution in [-0.4, -0.2) is 53.9 Å². The number of ether oxygens (including phenoxy) is 1. The topological polar surface area (TPSA) is 58.6 Å². The van der Waals surface area contributed by atoms with Gasteiger partial charge < -0.3 is 14.5 Å². The number of benzene rings is 1. The molecule has 6 heteroatoms. The highest BCUT2D eigenvalue weighted by Crippen LogP contribution is 2.14. The second-order valence-electron chi connectivity index (χ2n) is 5.68. The van der Waals surface area contributed by atoms with E-state index in [-0.39, 0.29) is 5.91 Å². The molecule has 1 aromatic carbocycles. The molecule has 1 aliphatic rings. The Labute approximate surface area is 142 Å². The fraction of sp³-hybridized carbons (Fsp3) is 0.389. The summed E-state index contributed by atoms with van der Waals surface area (Å²) in [5, 5.41) is 8.40. The third-order valence-electron chi connectivity index (χ3n) is 4.09. The van der Waals surface area contributed by atoms with Crippen molar-refractivity contribution in [3.8, 4) is 0 Å². The first-order valence-electron chi connectivity index (χ1n) is 8.27. The number of morpholine rings is 1. The van der Waals surface area contributed by atoms with Gasteiger partial charge >= 0.3 is 0 Å². The van der Waals surface area contributed by atoms with Crippen molar-refractivity contribution in [3.63, 3.8) is 0 Å². The van der Waals surface area contributed by atoms with Crippen molar-refractivity contribution < 1.29 is 9.53 Å². The van der Waals surface area contributed by atoms with Gasteiger partial charge in [-0.1, -0.05) is 30.3 Å². The van der Waals surface area contributed by atoms with Crippen LogP contribution in [0.3, 0.4) is 0 Å². The summed E-state index contributed by atoms with van der Waals surface area (Å²) in [5.41, 5.74) is 1.60. The maximum absolute atomic E-state index is 12.4. The first-order chi connectivity index (χ1) is 11.8. The van der Waals surface area contributed by atoms with Crippen LogP contribution in [0.15, 0.2) is 42.5 Å². The number of amides is 1. The molecule has 0 spiro atoms. The smallest absolute Gasteiger partial charge is 0.274 e. The van der Waals surface area contributed by atoms with Gasteiger partial charge in [-0.3, -0.25) is 4.79 Å². The normalized spacial score (nSPS) is 14.5. The minimum atomic E-state index is -0.0801. The second-order valence-corrected chi connectivity index (χ2v) is 5.68. The van der Waals surface area contributed by atoms with Crippen molar-refractivity contribution in [2.75, 3.05) is 37.7 Å². The zero-order valence-corrected chi connectivity index (χ0v) is 13.9. The van der Waals surface area contributed by atoms with Crippen molar-refractivity contribution in [1.82, 2.24) is 15.1 Å². The zero-order valence-electron chi connectivity index (χ0n) is 13.9. The molecule has 24 heavy (non-hydrogen) atoms. The Morgan fingerprint density at radius 1 is 1.12 bits per heavy atom. The number of rotatable bonds is 5. The molecule has 3 rings (SSSR count). The Bertz CT molecular complexity index is 654. The van der Waals surface area contributed by atoms with E-state index in [2.05, 4.69) is 34.2 Å². The van der Waals surface area contributed by atoms with Crippen LogP contribution in [-0.2, 0) is 11.3 Å². The van der Waals surface area contributed by atoms with Gasteiger partial charge in [0.15, 0.2) is 11.5 Å². The molecular formula is C18H22N4O2. The Morgan fingerprint density at radius 3 is 2.50 bits per heavy atom. The van der Waals surface area contributed by atoms with E-state index in [1.165, 1.54) is 5.56 Å². The maximum atomic E-state index is 12.4. The molecule has 1 aromatic heterocycles. The maximum Gasteiger partial charge on any atom is 0.274 e. The average molecular weight is 326 g/mol. The van der Waals surface area contributed by atoms with Gasteiger partial charge in [0.1, 0.15) is 0 Å². The molecule has 0 aliphatic carbocycles. The molecule has 126 valence electrons. The lowest BCUT2D eigenvalue weighted by Gasteiger charge is -2.26. The summed E-state index contributed by atoms with van der Waals surface area (Å²) in [7, 11) is 0. The van der Waals surface area contributed by atoms with Crippen molar-refractivity contribution in [1.29, 1.82) is 0 Å². The fourth-order valence-electron chi connectivity index (χ4n) is 2.69. The molecule has 2 aromatic rings. The number of nitrogens with zero attached hydrogens (tertiary/aromatic N) is 4. The molecule has 1 amide bonds. The number of anilines is 1. The lowest BCUT2D eigenvalue weighted by molar-refractivity contribution is 0.0298. The Balaban J connectivity index is 1.69. The first-order valence-corrected chi connectivity index (χ1v) is 8.27. The summed E-state index contributed by atoms with van der Waals surface area (Å²) >= 11 is 0. The molecule has 0 atom stereocenters. The van der Waals surface area contributed by atoms with Crippen molar-refractivity contribution in [2.45, 2.75) is 13.5 Å². The van der Waals surface area contributed by atoms with Gasteiger partial charge in [-0.25, -0.2) is 0 Å². The highest BCUT2D eigenvalue weighted by atomic mass is 16.5. The van der Waals surface area contributed by atoms with Crippen LogP contribution in [0.25, 0.3) is 0 Å². The highest BCUT2D eigenvalue weighted by molar-refractivity contribution is 5.92. The second kappa shape index (κ2) is 7.88. The van der Waals surface area contributed by atoms with Gasteiger partial charge in [0, 0.05) is 26.2 Å². The van der Waals surface area contributed by atoms with Crippen molar-refractivity contribution >= 4 is 11.7 Å². The third kappa shape index (κ3) is 3.89. The molecule has 2 heterocycles. The van der Waals surface area contributed by atoms with Gasteiger partial charge in [0.2, 0.25) is 0 Å². The van der Waals surface area contributed by atoms with Crippen LogP contribution in [0, 0.1) is 0 Å². The van der Waals surface area contributed by atoms with Gasteiger partial charge in [-0.05, 0) is 24.6 Å². The van der Waals surface area contributed by atoms with E-state index in [9.17, 15) is 4.79 Å². The molecular weight excluding hydrogens is 304 g/mol. The monoisotopic (exact) mass is 326 g/mol. The zero-order chi connectivity index (χ0) is 16.8. The van der Waals surface area contributed by atoms with Crippen LogP contribution in [0.1, 0.15) is 23.0 Å². The van der Waals surface area contributed by atoms with Gasteiger partial charge in [0.05, 0.1) is 13.2 Å². The van der Waals surface area contributed by atoms with Crippen LogP contribution < -0.4 is 4.90 Å². The molecule has 0 saturated carbocycles. The van der Waals surface area contributed by atoms with E-state index >= 15 is 0 Å². The van der Waals surface area contributed by atoms with Gasteiger partial charge in [-0.15, -0.1) is 10.2 Å². The van der Waals surface area contributed by atoms with Gasteiger partial charge in [-0.2, -0.15) is 0 Å². The molecule has 6 nitrogen and oxygen atoms in total. The highest BCUT2D eigenvalue weighted by Gasteiger charge is 2.20. The standard InChI is InChI=1S/C18H22N4O2/c1-2-21(14-15-6-4-3-5-7-15)17-9-8-16(19-20-17)18(23)22-10-12-24-13-11-22/h3-9H,2,10-14H2,1H3. The van der Waals surface area contributed by atoms with Crippen molar-refractivity contribution in [3.05, 3.63) is 53.7 Å². The van der Waals surface area contributed by atoms with E-state index in [0.29, 0.717) is 32.0 Å². The summed E-state index contributed by atoms with van der Waals surface area (Å²) in [6.07, 6.45) is 0. The molecule has 0 N–H and O–H groups in total. The van der Waals surface area contributed by atoms with Crippen LogP contribution >= 0.6 is 0 Å². The molecule has 0 unspecified atom stereocenters. The van der Waals surface area contributed by atoms with E-state index in [1.807, 2.05) is 24.3 Å². The van der Waals surface area contributed by atoms with E-state index in [0.717, 1.165) is 18.9 Å². The average Bonchev–Trinajstić information content (AvgIpc) is 2.67. The summed E-state index contributed by atoms with van der Waals surface area (Å²) < 4.78 is 5.27. The largest absolute Gasteiger partial charge is 0.378 e. The Hall–Kier alpha value is -2.47. The molecule has 1 fully saturated rings. The number of aromatic nitrogens is 2. The summed E-state index contributed by atoms with van der Waals surface area (Å²) in [4.78, 5) is 16.3. The molecule has 0 radical (unpaired) electrons. The molecule has 1 aliphatic heterocycles. The minimum Gasteiger partial charge on any atom is -0.378 e.